The summed E-state index contributed by atoms with van der Waals surface area (Å²) in [5.74, 6) is 0.0456. The molecule has 0 radical (unpaired) electrons. The van der Waals surface area contributed by atoms with Gasteiger partial charge in [0.05, 0.1) is 0 Å². The third-order valence-electron chi connectivity index (χ3n) is 3.56. The van der Waals surface area contributed by atoms with E-state index in [1.807, 2.05) is 6.92 Å². The van der Waals surface area contributed by atoms with Gasteiger partial charge in [0, 0.05) is 24.7 Å². The van der Waals surface area contributed by atoms with Crippen molar-refractivity contribution in [2.45, 2.75) is 26.0 Å². The number of likely N-dealkylation sites (tertiary alicyclic amines) is 1. The van der Waals surface area contributed by atoms with Crippen LogP contribution in [0.5, 0.6) is 5.75 Å². The molecule has 2 N–H and O–H groups in total. The van der Waals surface area contributed by atoms with E-state index >= 15 is 0 Å². The van der Waals surface area contributed by atoms with Crippen molar-refractivity contribution in [3.05, 3.63) is 29.8 Å². The van der Waals surface area contributed by atoms with Gasteiger partial charge in [-0.05, 0) is 30.5 Å². The van der Waals surface area contributed by atoms with Gasteiger partial charge in [-0.15, -0.1) is 12.4 Å². The molecule has 1 aliphatic rings. The van der Waals surface area contributed by atoms with E-state index in [0.29, 0.717) is 18.7 Å². The van der Waals surface area contributed by atoms with Crippen molar-refractivity contribution in [1.29, 1.82) is 0 Å². The standard InChI is InChI=1S/C14H18F2N2O2.ClH/c1-9-8-18(6-5-12(9)17)13(19)10-3-2-4-11(7-10)20-14(15)16;/h2-4,7,9,12,14H,5-6,8,17H2,1H3;1H. The highest BCUT2D eigenvalue weighted by Gasteiger charge is 2.27. The lowest BCUT2D eigenvalue weighted by Gasteiger charge is -2.35. The van der Waals surface area contributed by atoms with Crippen molar-refractivity contribution < 1.29 is 18.3 Å². The Bertz CT molecular complexity index is 488. The maximum Gasteiger partial charge on any atom is 0.387 e. The monoisotopic (exact) mass is 320 g/mol. The zero-order valence-corrected chi connectivity index (χ0v) is 12.5. The molecule has 1 fully saturated rings. The first-order valence-corrected chi connectivity index (χ1v) is 6.57. The number of nitrogens with zero attached hydrogens (tertiary/aromatic N) is 1. The molecule has 118 valence electrons. The summed E-state index contributed by atoms with van der Waals surface area (Å²) >= 11 is 0. The molecular formula is C14H19ClF2N2O2. The molecule has 1 heterocycles. The fourth-order valence-corrected chi connectivity index (χ4v) is 2.34. The smallest absolute Gasteiger partial charge is 0.387 e. The fourth-order valence-electron chi connectivity index (χ4n) is 2.34. The first-order chi connectivity index (χ1) is 9.47. The Balaban J connectivity index is 0.00000220. The van der Waals surface area contributed by atoms with Crippen LogP contribution in [0.4, 0.5) is 8.78 Å². The molecule has 2 atom stereocenters. The number of rotatable bonds is 3. The number of amides is 1. The van der Waals surface area contributed by atoms with Crippen molar-refractivity contribution in [2.75, 3.05) is 13.1 Å². The summed E-state index contributed by atoms with van der Waals surface area (Å²) in [5.41, 5.74) is 6.27. The van der Waals surface area contributed by atoms with E-state index in [1.54, 1.807) is 11.0 Å². The number of halogens is 3. The number of hydrogen-bond acceptors (Lipinski definition) is 3. The van der Waals surface area contributed by atoms with E-state index in [4.69, 9.17) is 5.73 Å². The van der Waals surface area contributed by atoms with Gasteiger partial charge >= 0.3 is 6.61 Å². The topological polar surface area (TPSA) is 55.6 Å². The number of piperidine rings is 1. The largest absolute Gasteiger partial charge is 0.435 e. The highest BCUT2D eigenvalue weighted by atomic mass is 35.5. The molecule has 0 aliphatic carbocycles. The molecule has 0 spiro atoms. The van der Waals surface area contributed by atoms with Gasteiger partial charge < -0.3 is 15.4 Å². The molecular weight excluding hydrogens is 302 g/mol. The second-order valence-corrected chi connectivity index (χ2v) is 5.09. The SMILES string of the molecule is CC1CN(C(=O)c2cccc(OC(F)F)c2)CCC1N.Cl. The van der Waals surface area contributed by atoms with E-state index in [0.717, 1.165) is 6.42 Å². The molecule has 2 unspecified atom stereocenters. The van der Waals surface area contributed by atoms with Gasteiger partial charge in [0.2, 0.25) is 0 Å². The Labute approximate surface area is 128 Å². The highest BCUT2D eigenvalue weighted by molar-refractivity contribution is 5.94. The molecule has 0 bridgehead atoms. The quantitative estimate of drug-likeness (QED) is 0.931. The van der Waals surface area contributed by atoms with E-state index in [9.17, 15) is 13.6 Å². The van der Waals surface area contributed by atoms with Crippen molar-refractivity contribution in [1.82, 2.24) is 4.90 Å². The van der Waals surface area contributed by atoms with Crippen LogP contribution >= 0.6 is 12.4 Å². The lowest BCUT2D eigenvalue weighted by molar-refractivity contribution is -0.0499. The molecule has 4 nitrogen and oxygen atoms in total. The number of ether oxygens (including phenoxy) is 1. The van der Waals surface area contributed by atoms with Crippen LogP contribution in [0.2, 0.25) is 0 Å². The summed E-state index contributed by atoms with van der Waals surface area (Å²) in [7, 11) is 0. The molecule has 1 aliphatic heterocycles. The Kier molecular flexibility index (Phi) is 6.36. The van der Waals surface area contributed by atoms with E-state index < -0.39 is 6.61 Å². The van der Waals surface area contributed by atoms with Gasteiger partial charge in [0.25, 0.3) is 5.91 Å². The molecule has 21 heavy (non-hydrogen) atoms. The summed E-state index contributed by atoms with van der Waals surface area (Å²) in [5, 5.41) is 0. The molecule has 1 aromatic carbocycles. The first kappa shape index (κ1) is 17.7. The second-order valence-electron chi connectivity index (χ2n) is 5.09. The van der Waals surface area contributed by atoms with Crippen LogP contribution in [-0.2, 0) is 0 Å². The molecule has 1 aromatic rings. The average molecular weight is 321 g/mol. The predicted octanol–water partition coefficient (Wildman–Crippen LogP) is 2.52. The normalized spacial score (nSPS) is 21.9. The summed E-state index contributed by atoms with van der Waals surface area (Å²) < 4.78 is 28.6. The Hall–Kier alpha value is -1.40. The van der Waals surface area contributed by atoms with Crippen LogP contribution in [0.3, 0.4) is 0 Å². The van der Waals surface area contributed by atoms with Crippen LogP contribution in [0.25, 0.3) is 0 Å². The van der Waals surface area contributed by atoms with Gasteiger partial charge in [-0.1, -0.05) is 13.0 Å². The minimum Gasteiger partial charge on any atom is -0.435 e. The number of benzene rings is 1. The molecule has 2 rings (SSSR count). The first-order valence-electron chi connectivity index (χ1n) is 6.57. The summed E-state index contributed by atoms with van der Waals surface area (Å²) in [6.45, 7) is 0.276. The summed E-state index contributed by atoms with van der Waals surface area (Å²) in [6, 6.07) is 5.97. The van der Waals surface area contributed by atoms with Gasteiger partial charge in [-0.2, -0.15) is 8.78 Å². The Morgan fingerprint density at radius 2 is 2.19 bits per heavy atom. The van der Waals surface area contributed by atoms with Gasteiger partial charge in [0.1, 0.15) is 5.75 Å². The van der Waals surface area contributed by atoms with Gasteiger partial charge in [-0.25, -0.2) is 0 Å². The minimum atomic E-state index is -2.90. The zero-order chi connectivity index (χ0) is 14.7. The number of hydrogen-bond donors (Lipinski definition) is 1. The maximum absolute atomic E-state index is 12.3. The van der Waals surface area contributed by atoms with Crippen molar-refractivity contribution in [2.24, 2.45) is 11.7 Å². The second kappa shape index (κ2) is 7.56. The molecule has 0 saturated carbocycles. The average Bonchev–Trinajstić information content (AvgIpc) is 2.40. The van der Waals surface area contributed by atoms with Crippen LogP contribution in [0.1, 0.15) is 23.7 Å². The lowest BCUT2D eigenvalue weighted by Crippen LogP contribution is -2.48. The summed E-state index contributed by atoms with van der Waals surface area (Å²) in [4.78, 5) is 14.0. The molecule has 7 heteroatoms. The Morgan fingerprint density at radius 3 is 2.81 bits per heavy atom. The number of carbonyl (C=O) groups excluding carboxylic acids is 1. The molecule has 1 amide bonds. The number of alkyl halides is 2. The Morgan fingerprint density at radius 1 is 1.48 bits per heavy atom. The number of carbonyl (C=O) groups is 1. The van der Waals surface area contributed by atoms with Crippen LogP contribution in [0.15, 0.2) is 24.3 Å². The van der Waals surface area contributed by atoms with Gasteiger partial charge in [0.15, 0.2) is 0 Å². The highest BCUT2D eigenvalue weighted by Crippen LogP contribution is 2.20. The minimum absolute atomic E-state index is 0. The van der Waals surface area contributed by atoms with E-state index in [1.165, 1.54) is 18.2 Å². The third kappa shape index (κ3) is 4.54. The van der Waals surface area contributed by atoms with Crippen molar-refractivity contribution in [3.63, 3.8) is 0 Å². The molecule has 0 aromatic heterocycles. The van der Waals surface area contributed by atoms with Crippen LogP contribution in [-0.4, -0.2) is 36.5 Å². The van der Waals surface area contributed by atoms with Crippen LogP contribution in [0, 0.1) is 5.92 Å². The number of nitrogens with two attached hydrogens (primary N) is 1. The lowest BCUT2D eigenvalue weighted by atomic mass is 9.94. The van der Waals surface area contributed by atoms with Crippen LogP contribution < -0.4 is 10.5 Å². The predicted molar refractivity (Wildman–Crippen MR) is 78.0 cm³/mol. The molecule has 1 saturated heterocycles. The van der Waals surface area contributed by atoms with Gasteiger partial charge in [-0.3, -0.25) is 4.79 Å². The fraction of sp³-hybridized carbons (Fsp3) is 0.500. The van der Waals surface area contributed by atoms with Crippen molar-refractivity contribution in [3.8, 4) is 5.75 Å². The third-order valence-corrected chi connectivity index (χ3v) is 3.56. The maximum atomic E-state index is 12.3. The zero-order valence-electron chi connectivity index (χ0n) is 11.7. The summed E-state index contributed by atoms with van der Waals surface area (Å²) in [6.07, 6.45) is 0.750. The van der Waals surface area contributed by atoms with Crippen molar-refractivity contribution >= 4 is 18.3 Å². The van der Waals surface area contributed by atoms with E-state index in [2.05, 4.69) is 4.74 Å². The van der Waals surface area contributed by atoms with E-state index in [-0.39, 0.29) is 36.0 Å².